The van der Waals surface area contributed by atoms with Gasteiger partial charge >= 0.3 is 0 Å². The predicted octanol–water partition coefficient (Wildman–Crippen LogP) is 8.45. The lowest BCUT2D eigenvalue weighted by Crippen LogP contribution is -2.29. The smallest absolute Gasteiger partial charge is 0.161 e. The zero-order valence-electron chi connectivity index (χ0n) is 18.2. The van der Waals surface area contributed by atoms with Gasteiger partial charge in [0, 0.05) is 21.5 Å². The summed E-state index contributed by atoms with van der Waals surface area (Å²) in [5.74, 6) is 2.03. The van der Waals surface area contributed by atoms with Crippen molar-refractivity contribution in [2.45, 2.75) is 31.9 Å². The van der Waals surface area contributed by atoms with Gasteiger partial charge in [0.1, 0.15) is 6.61 Å². The maximum atomic E-state index is 6.58. The van der Waals surface area contributed by atoms with Crippen LogP contribution in [0.4, 0.5) is 5.69 Å². The van der Waals surface area contributed by atoms with E-state index in [4.69, 9.17) is 44.3 Å². The number of halogens is 3. The van der Waals surface area contributed by atoms with Crippen LogP contribution in [0.2, 0.25) is 15.1 Å². The Hall–Kier alpha value is -2.33. The third-order valence-corrected chi connectivity index (χ3v) is 7.25. The van der Waals surface area contributed by atoms with Crippen molar-refractivity contribution >= 4 is 40.5 Å². The van der Waals surface area contributed by atoms with E-state index in [1.54, 1.807) is 0 Å². The van der Waals surface area contributed by atoms with Gasteiger partial charge in [0.2, 0.25) is 0 Å². The first-order valence-corrected chi connectivity index (χ1v) is 12.2. The lowest BCUT2D eigenvalue weighted by atomic mass is 9.77. The molecular formula is C27H24Cl3NO2. The van der Waals surface area contributed by atoms with Crippen LogP contribution in [0.5, 0.6) is 11.5 Å². The van der Waals surface area contributed by atoms with Crippen LogP contribution in [0, 0.1) is 5.92 Å². The molecule has 3 nitrogen and oxygen atoms in total. The number of nitrogens with one attached hydrogen (secondary N) is 1. The second-order valence-electron chi connectivity index (χ2n) is 8.35. The molecule has 2 aliphatic rings. The Labute approximate surface area is 209 Å². The van der Waals surface area contributed by atoms with E-state index in [0.29, 0.717) is 34.9 Å². The highest BCUT2D eigenvalue weighted by atomic mass is 35.5. The number of hydrogen-bond donors (Lipinski definition) is 1. The highest BCUT2D eigenvalue weighted by molar-refractivity contribution is 6.36. The lowest BCUT2D eigenvalue weighted by Gasteiger charge is -2.38. The number of benzene rings is 3. The maximum Gasteiger partial charge on any atom is 0.161 e. The molecule has 1 aliphatic heterocycles. The molecule has 0 spiro atoms. The van der Waals surface area contributed by atoms with Gasteiger partial charge in [0.15, 0.2) is 11.5 Å². The number of anilines is 1. The largest absolute Gasteiger partial charge is 0.490 e. The van der Waals surface area contributed by atoms with Crippen molar-refractivity contribution in [1.29, 1.82) is 0 Å². The van der Waals surface area contributed by atoms with Crippen LogP contribution in [0.25, 0.3) is 0 Å². The van der Waals surface area contributed by atoms with Crippen LogP contribution in [-0.4, -0.2) is 6.61 Å². The van der Waals surface area contributed by atoms with E-state index >= 15 is 0 Å². The van der Waals surface area contributed by atoms with Gasteiger partial charge in [0.25, 0.3) is 0 Å². The Balaban J connectivity index is 1.44. The zero-order chi connectivity index (χ0) is 22.9. The summed E-state index contributed by atoms with van der Waals surface area (Å²) in [5.41, 5.74) is 4.19. The highest BCUT2D eigenvalue weighted by Gasteiger charge is 2.40. The van der Waals surface area contributed by atoms with E-state index in [0.717, 1.165) is 39.6 Å². The molecule has 0 saturated heterocycles. The molecule has 0 radical (unpaired) electrons. The summed E-state index contributed by atoms with van der Waals surface area (Å²) in [6, 6.07) is 17.6. The average Bonchev–Trinajstić information content (AvgIpc) is 3.31. The van der Waals surface area contributed by atoms with E-state index in [1.807, 2.05) is 49.4 Å². The minimum absolute atomic E-state index is 0.0815. The van der Waals surface area contributed by atoms with Crippen molar-refractivity contribution in [3.63, 3.8) is 0 Å². The van der Waals surface area contributed by atoms with Gasteiger partial charge in [-0.2, -0.15) is 0 Å². The molecule has 3 atom stereocenters. The Bertz CT molecular complexity index is 1190. The van der Waals surface area contributed by atoms with E-state index in [1.165, 1.54) is 0 Å². The van der Waals surface area contributed by atoms with Crippen molar-refractivity contribution < 1.29 is 9.47 Å². The first-order chi connectivity index (χ1) is 16.0. The molecular weight excluding hydrogens is 477 g/mol. The molecule has 0 amide bonds. The molecule has 5 rings (SSSR count). The van der Waals surface area contributed by atoms with Crippen LogP contribution in [-0.2, 0) is 6.61 Å². The van der Waals surface area contributed by atoms with Gasteiger partial charge in [-0.05, 0) is 66.8 Å². The second-order valence-corrected chi connectivity index (χ2v) is 9.60. The second kappa shape index (κ2) is 9.50. The number of ether oxygens (including phenoxy) is 2. The van der Waals surface area contributed by atoms with E-state index in [2.05, 4.69) is 29.6 Å². The minimum Gasteiger partial charge on any atom is -0.490 e. The summed E-state index contributed by atoms with van der Waals surface area (Å²) in [6.45, 7) is 2.97. The summed E-state index contributed by atoms with van der Waals surface area (Å²) < 4.78 is 12.1. The topological polar surface area (TPSA) is 30.5 Å². The molecule has 0 fully saturated rings. The molecule has 0 bridgehead atoms. The molecule has 33 heavy (non-hydrogen) atoms. The lowest BCUT2D eigenvalue weighted by molar-refractivity contribution is 0.268. The fraction of sp³-hybridized carbons (Fsp3) is 0.259. The van der Waals surface area contributed by atoms with E-state index in [9.17, 15) is 0 Å². The molecule has 1 N–H and O–H groups in total. The molecule has 0 saturated carbocycles. The summed E-state index contributed by atoms with van der Waals surface area (Å²) in [6.07, 6.45) is 5.47. The molecule has 6 heteroatoms. The van der Waals surface area contributed by atoms with Crippen LogP contribution in [0.3, 0.4) is 0 Å². The van der Waals surface area contributed by atoms with Gasteiger partial charge in [0.05, 0.1) is 23.4 Å². The van der Waals surface area contributed by atoms with Crippen molar-refractivity contribution in [3.8, 4) is 11.5 Å². The fourth-order valence-corrected chi connectivity index (χ4v) is 5.43. The molecule has 0 unspecified atom stereocenters. The van der Waals surface area contributed by atoms with Crippen LogP contribution in [0.15, 0.2) is 66.7 Å². The zero-order valence-corrected chi connectivity index (χ0v) is 20.4. The number of hydrogen-bond acceptors (Lipinski definition) is 3. The van der Waals surface area contributed by atoms with Crippen molar-refractivity contribution in [1.82, 2.24) is 0 Å². The third kappa shape index (κ3) is 4.42. The monoisotopic (exact) mass is 499 g/mol. The number of fused-ring (bicyclic) bond motifs is 3. The Morgan fingerprint density at radius 2 is 1.70 bits per heavy atom. The summed E-state index contributed by atoms with van der Waals surface area (Å²) in [4.78, 5) is 0. The van der Waals surface area contributed by atoms with Crippen LogP contribution in [0.1, 0.15) is 42.0 Å². The Morgan fingerprint density at radius 1 is 0.909 bits per heavy atom. The number of allylic oxidation sites excluding steroid dienone is 2. The van der Waals surface area contributed by atoms with Crippen molar-refractivity contribution in [2.24, 2.45) is 5.92 Å². The maximum absolute atomic E-state index is 6.58. The Morgan fingerprint density at radius 3 is 2.48 bits per heavy atom. The molecule has 3 aromatic carbocycles. The SMILES string of the molecule is CCOc1cc([C@@H]2Nc3c(Cl)ccc(Cl)c3[C@@H]3C=CC[C@@H]32)ccc1OCc1ccc(Cl)cc1. The fourth-order valence-electron chi connectivity index (χ4n) is 4.81. The summed E-state index contributed by atoms with van der Waals surface area (Å²) in [5, 5.41) is 5.83. The van der Waals surface area contributed by atoms with Crippen molar-refractivity contribution in [3.05, 3.63) is 98.5 Å². The molecule has 0 aromatic heterocycles. The van der Waals surface area contributed by atoms with E-state index in [-0.39, 0.29) is 12.0 Å². The first kappa shape index (κ1) is 22.5. The van der Waals surface area contributed by atoms with Gasteiger partial charge in [-0.15, -0.1) is 0 Å². The highest BCUT2D eigenvalue weighted by Crippen LogP contribution is 2.54. The molecule has 1 aliphatic carbocycles. The number of rotatable bonds is 6. The molecule has 3 aromatic rings. The van der Waals surface area contributed by atoms with Crippen LogP contribution < -0.4 is 14.8 Å². The average molecular weight is 501 g/mol. The third-order valence-electron chi connectivity index (χ3n) is 6.35. The van der Waals surface area contributed by atoms with Crippen molar-refractivity contribution in [2.75, 3.05) is 11.9 Å². The normalized spacial score (nSPS) is 20.7. The van der Waals surface area contributed by atoms with E-state index < -0.39 is 0 Å². The quantitative estimate of drug-likeness (QED) is 0.344. The minimum atomic E-state index is 0.0815. The summed E-state index contributed by atoms with van der Waals surface area (Å²) in [7, 11) is 0. The van der Waals surface area contributed by atoms with Gasteiger partial charge in [-0.1, -0.05) is 65.2 Å². The van der Waals surface area contributed by atoms with Crippen LogP contribution >= 0.6 is 34.8 Å². The first-order valence-electron chi connectivity index (χ1n) is 11.1. The van der Waals surface area contributed by atoms with Gasteiger partial charge in [-0.25, -0.2) is 0 Å². The Kier molecular flexibility index (Phi) is 6.47. The summed E-state index contributed by atoms with van der Waals surface area (Å²) >= 11 is 19.1. The van der Waals surface area contributed by atoms with Gasteiger partial charge < -0.3 is 14.8 Å². The molecule has 170 valence electrons. The molecule has 1 heterocycles. The predicted molar refractivity (Wildman–Crippen MR) is 136 cm³/mol. The van der Waals surface area contributed by atoms with Gasteiger partial charge in [-0.3, -0.25) is 0 Å². The standard InChI is InChI=1S/C27H24Cl3NO2/c1-2-32-24-14-17(8-13-23(24)33-15-16-6-9-18(28)10-7-16)26-20-5-3-4-19(20)25-21(29)11-12-22(30)27(25)31-26/h3-4,6-14,19-20,26,31H,2,5,15H2,1H3/t19-,20+,26+/m1/s1.